The molecular weight excluding hydrogens is 153 g/mol. The zero-order chi connectivity index (χ0) is 7.40. The molecule has 0 aromatic carbocycles. The third kappa shape index (κ3) is 2.71. The number of ether oxygens (including phenoxy) is 1. The van der Waals surface area contributed by atoms with Gasteiger partial charge in [0.25, 0.3) is 0 Å². The highest BCUT2D eigenvalue weighted by molar-refractivity contribution is 7.36. The van der Waals surface area contributed by atoms with Crippen LogP contribution in [0.5, 0.6) is 0 Å². The Morgan fingerprint density at radius 1 is 1.50 bits per heavy atom. The zero-order valence-electron chi connectivity index (χ0n) is 5.65. The lowest BCUT2D eigenvalue weighted by Gasteiger charge is -2.22. The summed E-state index contributed by atoms with van der Waals surface area (Å²) in [5.74, 6) is 0. The number of rotatable bonds is 2. The van der Waals surface area contributed by atoms with Crippen molar-refractivity contribution < 1.29 is 14.2 Å². The van der Waals surface area contributed by atoms with E-state index in [0.717, 1.165) is 13.1 Å². The molecule has 0 spiro atoms. The molecule has 0 radical (unpaired) electrons. The predicted octanol–water partition coefficient (Wildman–Crippen LogP) is -0.621. The Morgan fingerprint density at radius 2 is 2.10 bits per heavy atom. The second kappa shape index (κ2) is 3.98. The van der Waals surface area contributed by atoms with Crippen molar-refractivity contribution in [3.8, 4) is 0 Å². The molecule has 1 saturated heterocycles. The minimum atomic E-state index is -2.25. The SMILES string of the molecule is O=[P+]([O-])CN1CCOCC1. The Balaban J connectivity index is 2.19. The van der Waals surface area contributed by atoms with Gasteiger partial charge in [0.1, 0.15) is 0 Å². The monoisotopic (exact) mass is 163 g/mol. The van der Waals surface area contributed by atoms with Crippen molar-refractivity contribution in [3.05, 3.63) is 0 Å². The zero-order valence-corrected chi connectivity index (χ0v) is 6.55. The highest BCUT2D eigenvalue weighted by Crippen LogP contribution is 2.10. The summed E-state index contributed by atoms with van der Waals surface area (Å²) in [6, 6.07) is 0. The standard InChI is InChI=1S/C5H10NO3P/c7-10(8)5-6-1-3-9-4-2-6/h1-5H2. The van der Waals surface area contributed by atoms with Gasteiger partial charge in [-0.25, -0.2) is 0 Å². The predicted molar refractivity (Wildman–Crippen MR) is 34.9 cm³/mol. The van der Waals surface area contributed by atoms with Crippen LogP contribution in [0.25, 0.3) is 0 Å². The molecule has 1 aliphatic rings. The van der Waals surface area contributed by atoms with Crippen molar-refractivity contribution in [3.63, 3.8) is 0 Å². The summed E-state index contributed by atoms with van der Waals surface area (Å²) in [5.41, 5.74) is 0. The third-order valence-electron chi connectivity index (χ3n) is 1.42. The molecule has 0 N–H and O–H groups in total. The van der Waals surface area contributed by atoms with Crippen LogP contribution in [-0.4, -0.2) is 37.5 Å². The molecule has 1 heterocycles. The van der Waals surface area contributed by atoms with Crippen molar-refractivity contribution in [1.82, 2.24) is 4.90 Å². The molecular formula is C5H10NO3P. The van der Waals surface area contributed by atoms with Crippen molar-refractivity contribution in [2.45, 2.75) is 0 Å². The second-order valence-electron chi connectivity index (χ2n) is 2.20. The Kier molecular flexibility index (Phi) is 3.22. The Bertz CT molecular complexity index is 124. The normalized spacial score (nSPS) is 22.7. The molecule has 5 heteroatoms. The molecule has 1 fully saturated rings. The molecule has 0 aromatic heterocycles. The maximum Gasteiger partial charge on any atom is 0.324 e. The lowest BCUT2D eigenvalue weighted by molar-refractivity contribution is -0.166. The molecule has 0 amide bonds. The average Bonchev–Trinajstić information content (AvgIpc) is 1.88. The summed E-state index contributed by atoms with van der Waals surface area (Å²) in [6.45, 7) is 2.79. The van der Waals surface area contributed by atoms with Crippen molar-refractivity contribution in [2.24, 2.45) is 0 Å². The van der Waals surface area contributed by atoms with Crippen LogP contribution < -0.4 is 4.89 Å². The summed E-state index contributed by atoms with van der Waals surface area (Å²) in [6.07, 6.45) is 0.179. The summed E-state index contributed by atoms with van der Waals surface area (Å²) in [4.78, 5) is 12.1. The topological polar surface area (TPSA) is 52.6 Å². The van der Waals surface area contributed by atoms with Crippen molar-refractivity contribution in [2.75, 3.05) is 32.6 Å². The van der Waals surface area contributed by atoms with Crippen LogP contribution in [0.1, 0.15) is 0 Å². The highest BCUT2D eigenvalue weighted by Gasteiger charge is 2.14. The lowest BCUT2D eigenvalue weighted by Crippen LogP contribution is -2.36. The first-order valence-corrected chi connectivity index (χ1v) is 4.57. The Morgan fingerprint density at radius 3 is 2.60 bits per heavy atom. The Hall–Kier alpha value is -0.0200. The van der Waals surface area contributed by atoms with Gasteiger partial charge in [-0.05, 0) is 0 Å². The van der Waals surface area contributed by atoms with E-state index in [2.05, 4.69) is 0 Å². The fraction of sp³-hybridized carbons (Fsp3) is 1.00. The smallest absolute Gasteiger partial charge is 0.324 e. The largest absolute Gasteiger partial charge is 0.594 e. The Labute approximate surface area is 60.7 Å². The van der Waals surface area contributed by atoms with Crippen molar-refractivity contribution in [1.29, 1.82) is 0 Å². The molecule has 1 rings (SSSR count). The molecule has 0 saturated carbocycles. The summed E-state index contributed by atoms with van der Waals surface area (Å²) in [7, 11) is -2.25. The molecule has 4 nitrogen and oxygen atoms in total. The van der Waals surface area contributed by atoms with Gasteiger partial charge in [-0.3, -0.25) is 4.90 Å². The van der Waals surface area contributed by atoms with E-state index in [4.69, 9.17) is 4.74 Å². The molecule has 1 atom stereocenters. The number of nitrogens with zero attached hydrogens (tertiary/aromatic N) is 1. The van der Waals surface area contributed by atoms with E-state index in [-0.39, 0.29) is 6.29 Å². The van der Waals surface area contributed by atoms with E-state index in [0.29, 0.717) is 13.2 Å². The molecule has 1 aliphatic heterocycles. The number of hydrogen-bond acceptors (Lipinski definition) is 4. The fourth-order valence-electron chi connectivity index (χ4n) is 0.906. The first-order chi connectivity index (χ1) is 4.79. The third-order valence-corrected chi connectivity index (χ3v) is 2.05. The minimum Gasteiger partial charge on any atom is -0.594 e. The summed E-state index contributed by atoms with van der Waals surface area (Å²) in [5, 5.41) is 0. The van der Waals surface area contributed by atoms with E-state index in [1.54, 1.807) is 0 Å². The van der Waals surface area contributed by atoms with Gasteiger partial charge in [-0.1, -0.05) is 4.57 Å². The molecule has 58 valence electrons. The van der Waals surface area contributed by atoms with Gasteiger partial charge in [0.2, 0.25) is 0 Å². The van der Waals surface area contributed by atoms with Crippen LogP contribution in [0.3, 0.4) is 0 Å². The van der Waals surface area contributed by atoms with Crippen LogP contribution >= 0.6 is 8.03 Å². The van der Waals surface area contributed by atoms with Gasteiger partial charge >= 0.3 is 8.03 Å². The van der Waals surface area contributed by atoms with E-state index in [1.165, 1.54) is 0 Å². The van der Waals surface area contributed by atoms with E-state index in [1.807, 2.05) is 4.90 Å². The van der Waals surface area contributed by atoms with Crippen LogP contribution in [0.4, 0.5) is 0 Å². The minimum absolute atomic E-state index is 0.179. The first kappa shape index (κ1) is 8.08. The van der Waals surface area contributed by atoms with Crippen LogP contribution in [0.15, 0.2) is 0 Å². The first-order valence-electron chi connectivity index (χ1n) is 3.21. The maximum atomic E-state index is 10.2. The average molecular weight is 163 g/mol. The van der Waals surface area contributed by atoms with Crippen LogP contribution in [0.2, 0.25) is 0 Å². The van der Waals surface area contributed by atoms with E-state index < -0.39 is 8.03 Å². The number of hydrogen-bond donors (Lipinski definition) is 0. The molecule has 10 heavy (non-hydrogen) atoms. The fourth-order valence-corrected chi connectivity index (χ4v) is 1.52. The van der Waals surface area contributed by atoms with Crippen molar-refractivity contribution >= 4 is 8.03 Å². The van der Waals surface area contributed by atoms with Gasteiger partial charge < -0.3 is 9.63 Å². The molecule has 0 aromatic rings. The molecule has 1 unspecified atom stereocenters. The molecule has 0 bridgehead atoms. The summed E-state index contributed by atoms with van der Waals surface area (Å²) < 4.78 is 15.3. The highest BCUT2D eigenvalue weighted by atomic mass is 31.1. The second-order valence-corrected chi connectivity index (χ2v) is 3.15. The maximum absolute atomic E-state index is 10.2. The van der Waals surface area contributed by atoms with Gasteiger partial charge in [0.15, 0.2) is 6.29 Å². The van der Waals surface area contributed by atoms with E-state index in [9.17, 15) is 9.46 Å². The van der Waals surface area contributed by atoms with Gasteiger partial charge in [0.05, 0.1) is 13.2 Å². The van der Waals surface area contributed by atoms with Crippen LogP contribution in [0, 0.1) is 0 Å². The van der Waals surface area contributed by atoms with E-state index >= 15 is 0 Å². The lowest BCUT2D eigenvalue weighted by atomic mass is 10.5. The van der Waals surface area contributed by atoms with Gasteiger partial charge in [-0.15, -0.1) is 0 Å². The quantitative estimate of drug-likeness (QED) is 0.509. The van der Waals surface area contributed by atoms with Gasteiger partial charge in [-0.2, -0.15) is 0 Å². The summed E-state index contributed by atoms with van der Waals surface area (Å²) >= 11 is 0. The van der Waals surface area contributed by atoms with Crippen LogP contribution in [-0.2, 0) is 9.30 Å². The molecule has 0 aliphatic carbocycles. The number of morpholine rings is 1. The van der Waals surface area contributed by atoms with Gasteiger partial charge in [0, 0.05) is 13.1 Å².